The lowest BCUT2D eigenvalue weighted by atomic mass is 10.1. The average molecular weight is 431 g/mol. The van der Waals surface area contributed by atoms with Gasteiger partial charge in [-0.05, 0) is 55.3 Å². The van der Waals surface area contributed by atoms with E-state index in [1.54, 1.807) is 12.4 Å². The molecule has 4 rings (SSSR count). The maximum absolute atomic E-state index is 12.4. The SMILES string of the molecule is Cc1cccc(C)c1OCC(=O)Nc1cccc(Nc2nc(-c3ccncc3)cs2)c1. The lowest BCUT2D eigenvalue weighted by molar-refractivity contribution is -0.118. The van der Waals surface area contributed by atoms with E-state index < -0.39 is 0 Å². The molecule has 0 aliphatic rings. The third kappa shape index (κ3) is 5.26. The van der Waals surface area contributed by atoms with Crippen molar-refractivity contribution in [2.45, 2.75) is 13.8 Å². The molecular formula is C24H22N4O2S. The normalized spacial score (nSPS) is 10.5. The molecule has 6 nitrogen and oxygen atoms in total. The third-order valence-electron chi connectivity index (χ3n) is 4.63. The van der Waals surface area contributed by atoms with E-state index >= 15 is 0 Å². The first-order valence-electron chi connectivity index (χ1n) is 9.80. The van der Waals surface area contributed by atoms with Crippen molar-refractivity contribution < 1.29 is 9.53 Å². The molecular weight excluding hydrogens is 408 g/mol. The number of hydrogen-bond donors (Lipinski definition) is 2. The highest BCUT2D eigenvalue weighted by atomic mass is 32.1. The Morgan fingerprint density at radius 1 is 1.00 bits per heavy atom. The fraction of sp³-hybridized carbons (Fsp3) is 0.125. The first kappa shape index (κ1) is 20.6. The van der Waals surface area contributed by atoms with E-state index in [2.05, 4.69) is 20.6 Å². The van der Waals surface area contributed by atoms with E-state index in [0.29, 0.717) is 5.69 Å². The molecule has 0 fully saturated rings. The molecule has 0 bridgehead atoms. The Bertz CT molecular complexity index is 1170. The zero-order chi connectivity index (χ0) is 21.6. The van der Waals surface area contributed by atoms with Crippen molar-refractivity contribution in [2.24, 2.45) is 0 Å². The van der Waals surface area contributed by atoms with Gasteiger partial charge in [-0.15, -0.1) is 11.3 Å². The fourth-order valence-corrected chi connectivity index (χ4v) is 3.89. The number of carbonyl (C=O) groups excluding carboxylic acids is 1. The van der Waals surface area contributed by atoms with E-state index in [4.69, 9.17) is 4.74 Å². The highest BCUT2D eigenvalue weighted by Gasteiger charge is 2.09. The number of carbonyl (C=O) groups is 1. The lowest BCUT2D eigenvalue weighted by Gasteiger charge is -2.12. The summed E-state index contributed by atoms with van der Waals surface area (Å²) in [6.45, 7) is 3.88. The quantitative estimate of drug-likeness (QED) is 0.400. The summed E-state index contributed by atoms with van der Waals surface area (Å²) in [6.07, 6.45) is 3.50. The number of pyridine rings is 1. The molecule has 2 N–H and O–H groups in total. The van der Waals surface area contributed by atoms with Crippen LogP contribution >= 0.6 is 11.3 Å². The van der Waals surface area contributed by atoms with Crippen LogP contribution < -0.4 is 15.4 Å². The number of aromatic nitrogens is 2. The van der Waals surface area contributed by atoms with Crippen LogP contribution in [0.2, 0.25) is 0 Å². The Morgan fingerprint density at radius 2 is 1.71 bits per heavy atom. The van der Waals surface area contributed by atoms with Gasteiger partial charge in [-0.1, -0.05) is 24.3 Å². The van der Waals surface area contributed by atoms with E-state index in [0.717, 1.165) is 39.0 Å². The van der Waals surface area contributed by atoms with Crippen molar-refractivity contribution in [1.82, 2.24) is 9.97 Å². The van der Waals surface area contributed by atoms with Crippen LogP contribution in [0.4, 0.5) is 16.5 Å². The Kier molecular flexibility index (Phi) is 6.24. The summed E-state index contributed by atoms with van der Waals surface area (Å²) in [4.78, 5) is 21.0. The number of hydrogen-bond acceptors (Lipinski definition) is 6. The Balaban J connectivity index is 1.37. The molecule has 0 aliphatic heterocycles. The monoisotopic (exact) mass is 430 g/mol. The van der Waals surface area contributed by atoms with Gasteiger partial charge in [-0.3, -0.25) is 9.78 Å². The van der Waals surface area contributed by atoms with Crippen molar-refractivity contribution in [3.63, 3.8) is 0 Å². The second kappa shape index (κ2) is 9.40. The second-order valence-electron chi connectivity index (χ2n) is 7.04. The molecule has 0 atom stereocenters. The highest BCUT2D eigenvalue weighted by molar-refractivity contribution is 7.14. The van der Waals surface area contributed by atoms with Crippen LogP contribution in [-0.4, -0.2) is 22.5 Å². The third-order valence-corrected chi connectivity index (χ3v) is 5.39. The number of ether oxygens (including phenoxy) is 1. The van der Waals surface area contributed by atoms with Crippen LogP contribution in [0.15, 0.2) is 72.4 Å². The first-order valence-corrected chi connectivity index (χ1v) is 10.7. The van der Waals surface area contributed by atoms with Crippen molar-refractivity contribution in [3.05, 3.63) is 83.5 Å². The van der Waals surface area contributed by atoms with Gasteiger partial charge in [0.2, 0.25) is 0 Å². The predicted octanol–water partition coefficient (Wildman–Crippen LogP) is 5.58. The molecule has 0 saturated carbocycles. The second-order valence-corrected chi connectivity index (χ2v) is 7.90. The van der Waals surface area contributed by atoms with Gasteiger partial charge in [0, 0.05) is 34.7 Å². The number of nitrogens with one attached hydrogen (secondary N) is 2. The highest BCUT2D eigenvalue weighted by Crippen LogP contribution is 2.28. The molecule has 2 aromatic heterocycles. The van der Waals surface area contributed by atoms with Gasteiger partial charge in [0.15, 0.2) is 11.7 Å². The zero-order valence-corrected chi connectivity index (χ0v) is 18.1. The Morgan fingerprint density at radius 3 is 2.48 bits per heavy atom. The summed E-state index contributed by atoms with van der Waals surface area (Å²) in [5.74, 6) is 0.538. The van der Waals surface area contributed by atoms with E-state index in [9.17, 15) is 4.79 Å². The molecule has 0 radical (unpaired) electrons. The van der Waals surface area contributed by atoms with E-state index in [1.807, 2.05) is 73.8 Å². The van der Waals surface area contributed by atoms with Crippen LogP contribution in [-0.2, 0) is 4.79 Å². The summed E-state index contributed by atoms with van der Waals surface area (Å²) < 4.78 is 5.73. The molecule has 2 aromatic carbocycles. The number of anilines is 3. The number of nitrogens with zero attached hydrogens (tertiary/aromatic N) is 2. The first-order chi connectivity index (χ1) is 15.1. The number of amides is 1. The minimum Gasteiger partial charge on any atom is -0.483 e. The Labute approximate surface area is 185 Å². The molecule has 7 heteroatoms. The van der Waals surface area contributed by atoms with E-state index in [1.165, 1.54) is 11.3 Å². The summed E-state index contributed by atoms with van der Waals surface area (Å²) in [7, 11) is 0. The fourth-order valence-electron chi connectivity index (χ4n) is 3.15. The molecule has 4 aromatic rings. The standard InChI is InChI=1S/C24H22N4O2S/c1-16-5-3-6-17(2)23(16)30-14-22(29)26-19-7-4-8-20(13-19)27-24-28-21(15-31-24)18-9-11-25-12-10-18/h3-13,15H,14H2,1-2H3,(H,26,29)(H,27,28). The summed E-state index contributed by atoms with van der Waals surface area (Å²) in [6, 6.07) is 17.3. The zero-order valence-electron chi connectivity index (χ0n) is 17.3. The van der Waals surface area contributed by atoms with Crippen molar-refractivity contribution in [1.29, 1.82) is 0 Å². The van der Waals surface area contributed by atoms with Crippen LogP contribution in [0.3, 0.4) is 0 Å². The molecule has 156 valence electrons. The maximum Gasteiger partial charge on any atom is 0.262 e. The number of para-hydroxylation sites is 1. The summed E-state index contributed by atoms with van der Waals surface area (Å²) >= 11 is 1.52. The summed E-state index contributed by atoms with van der Waals surface area (Å²) in [5, 5.41) is 8.94. The number of rotatable bonds is 7. The Hall–Kier alpha value is -3.71. The van der Waals surface area contributed by atoms with Gasteiger partial charge < -0.3 is 15.4 Å². The van der Waals surface area contributed by atoms with Gasteiger partial charge >= 0.3 is 0 Å². The predicted molar refractivity (Wildman–Crippen MR) is 125 cm³/mol. The van der Waals surface area contributed by atoms with Gasteiger partial charge in [0.05, 0.1) is 5.69 Å². The van der Waals surface area contributed by atoms with Gasteiger partial charge in [0.25, 0.3) is 5.91 Å². The van der Waals surface area contributed by atoms with Gasteiger partial charge in [-0.25, -0.2) is 4.98 Å². The molecule has 0 unspecified atom stereocenters. The smallest absolute Gasteiger partial charge is 0.262 e. The number of thiazole rings is 1. The average Bonchev–Trinajstić information content (AvgIpc) is 3.23. The van der Waals surface area contributed by atoms with Crippen LogP contribution in [0.25, 0.3) is 11.3 Å². The summed E-state index contributed by atoms with van der Waals surface area (Å²) in [5.41, 5.74) is 5.45. The largest absolute Gasteiger partial charge is 0.483 e. The van der Waals surface area contributed by atoms with E-state index in [-0.39, 0.29) is 12.5 Å². The maximum atomic E-state index is 12.4. The molecule has 0 spiro atoms. The topological polar surface area (TPSA) is 76.1 Å². The van der Waals surface area contributed by atoms with Gasteiger partial charge in [-0.2, -0.15) is 0 Å². The molecule has 31 heavy (non-hydrogen) atoms. The molecule has 2 heterocycles. The number of benzene rings is 2. The minimum absolute atomic E-state index is 0.0505. The van der Waals surface area contributed by atoms with Crippen molar-refractivity contribution in [3.8, 4) is 17.0 Å². The lowest BCUT2D eigenvalue weighted by Crippen LogP contribution is -2.20. The number of aryl methyl sites for hydroxylation is 2. The van der Waals surface area contributed by atoms with Crippen molar-refractivity contribution in [2.75, 3.05) is 17.2 Å². The molecule has 1 amide bonds. The molecule has 0 saturated heterocycles. The van der Waals surface area contributed by atoms with Gasteiger partial charge in [0.1, 0.15) is 5.75 Å². The van der Waals surface area contributed by atoms with Crippen molar-refractivity contribution >= 4 is 33.8 Å². The van der Waals surface area contributed by atoms with Crippen LogP contribution in [0.1, 0.15) is 11.1 Å². The van der Waals surface area contributed by atoms with Crippen LogP contribution in [0, 0.1) is 13.8 Å². The van der Waals surface area contributed by atoms with Crippen LogP contribution in [0.5, 0.6) is 5.75 Å². The minimum atomic E-state index is -0.214. The molecule has 0 aliphatic carbocycles.